The van der Waals surface area contributed by atoms with E-state index in [-0.39, 0.29) is 11.3 Å². The molecule has 106 valence electrons. The van der Waals surface area contributed by atoms with E-state index in [0.717, 1.165) is 12.8 Å². The van der Waals surface area contributed by atoms with Crippen LogP contribution in [0.3, 0.4) is 0 Å². The van der Waals surface area contributed by atoms with Gasteiger partial charge in [0.05, 0.1) is 0 Å². The zero-order valence-electron chi connectivity index (χ0n) is 11.9. The average Bonchev–Trinajstić information content (AvgIpc) is 2.26. The topological polar surface area (TPSA) is 83.6 Å². The standard InChI is InChI=1S/C13H26N2O3/c1-5-10(12(17)18)15(4)11(16)6-7-13(2,3)8-9-14/h10H,5-9,14H2,1-4H3,(H,17,18). The van der Waals surface area contributed by atoms with E-state index in [0.29, 0.717) is 19.4 Å². The van der Waals surface area contributed by atoms with Crippen molar-refractivity contribution in [2.45, 2.75) is 52.5 Å². The van der Waals surface area contributed by atoms with Crippen LogP contribution in [0, 0.1) is 5.41 Å². The monoisotopic (exact) mass is 258 g/mol. The molecule has 5 nitrogen and oxygen atoms in total. The number of likely N-dealkylation sites (N-methyl/N-ethyl adjacent to an activating group) is 1. The van der Waals surface area contributed by atoms with Gasteiger partial charge in [-0.25, -0.2) is 4.79 Å². The summed E-state index contributed by atoms with van der Waals surface area (Å²) in [5, 5.41) is 8.99. The Bertz CT molecular complexity index is 290. The lowest BCUT2D eigenvalue weighted by Gasteiger charge is -2.27. The molecule has 0 bridgehead atoms. The molecule has 0 aliphatic carbocycles. The molecule has 0 aliphatic heterocycles. The molecular weight excluding hydrogens is 232 g/mol. The van der Waals surface area contributed by atoms with Gasteiger partial charge in [0.15, 0.2) is 0 Å². The van der Waals surface area contributed by atoms with E-state index in [1.165, 1.54) is 4.90 Å². The third kappa shape index (κ3) is 5.49. The summed E-state index contributed by atoms with van der Waals surface area (Å²) >= 11 is 0. The fourth-order valence-electron chi connectivity index (χ4n) is 1.93. The maximum Gasteiger partial charge on any atom is 0.326 e. The number of amides is 1. The minimum atomic E-state index is -0.949. The number of carboxylic acid groups (broad SMARTS) is 1. The lowest BCUT2D eigenvalue weighted by molar-refractivity contribution is -0.149. The molecule has 18 heavy (non-hydrogen) atoms. The van der Waals surface area contributed by atoms with Crippen molar-refractivity contribution in [1.82, 2.24) is 4.90 Å². The van der Waals surface area contributed by atoms with Crippen LogP contribution in [0.2, 0.25) is 0 Å². The van der Waals surface area contributed by atoms with E-state index in [1.54, 1.807) is 14.0 Å². The van der Waals surface area contributed by atoms with E-state index < -0.39 is 12.0 Å². The van der Waals surface area contributed by atoms with Crippen molar-refractivity contribution in [3.8, 4) is 0 Å². The molecule has 0 aromatic rings. The molecule has 0 heterocycles. The van der Waals surface area contributed by atoms with Crippen LogP contribution in [0.4, 0.5) is 0 Å². The van der Waals surface area contributed by atoms with Gasteiger partial charge in [-0.2, -0.15) is 0 Å². The van der Waals surface area contributed by atoms with Crippen molar-refractivity contribution in [1.29, 1.82) is 0 Å². The molecule has 1 amide bonds. The Morgan fingerprint density at radius 2 is 1.89 bits per heavy atom. The molecule has 0 fully saturated rings. The number of nitrogens with two attached hydrogens (primary N) is 1. The number of carboxylic acids is 1. The van der Waals surface area contributed by atoms with Crippen LogP contribution >= 0.6 is 0 Å². The van der Waals surface area contributed by atoms with Gasteiger partial charge in [0.1, 0.15) is 6.04 Å². The second kappa shape index (κ2) is 7.36. The maximum atomic E-state index is 11.9. The summed E-state index contributed by atoms with van der Waals surface area (Å²) in [6.07, 6.45) is 2.38. The van der Waals surface area contributed by atoms with Gasteiger partial charge < -0.3 is 15.7 Å². The van der Waals surface area contributed by atoms with Crippen LogP contribution < -0.4 is 5.73 Å². The van der Waals surface area contributed by atoms with Crippen molar-refractivity contribution in [2.24, 2.45) is 11.1 Å². The van der Waals surface area contributed by atoms with Crippen molar-refractivity contribution in [3.63, 3.8) is 0 Å². The number of hydrogen-bond acceptors (Lipinski definition) is 3. The summed E-state index contributed by atoms with van der Waals surface area (Å²) in [4.78, 5) is 24.2. The highest BCUT2D eigenvalue weighted by atomic mass is 16.4. The molecular formula is C13H26N2O3. The lowest BCUT2D eigenvalue weighted by Crippen LogP contribution is -2.42. The molecule has 0 aromatic heterocycles. The normalized spacial score (nSPS) is 13.2. The fourth-order valence-corrected chi connectivity index (χ4v) is 1.93. The number of carbonyl (C=O) groups excluding carboxylic acids is 1. The SMILES string of the molecule is CCC(C(=O)O)N(C)C(=O)CCC(C)(C)CCN. The van der Waals surface area contributed by atoms with Crippen molar-refractivity contribution < 1.29 is 14.7 Å². The molecule has 0 saturated carbocycles. The highest BCUT2D eigenvalue weighted by molar-refractivity contribution is 5.83. The highest BCUT2D eigenvalue weighted by Crippen LogP contribution is 2.26. The summed E-state index contributed by atoms with van der Waals surface area (Å²) in [5.41, 5.74) is 5.54. The summed E-state index contributed by atoms with van der Waals surface area (Å²) in [5.74, 6) is -1.07. The van der Waals surface area contributed by atoms with E-state index in [1.807, 2.05) is 0 Å². The molecule has 0 aliphatic rings. The predicted octanol–water partition coefficient (Wildman–Crippen LogP) is 1.46. The largest absolute Gasteiger partial charge is 0.480 e. The zero-order chi connectivity index (χ0) is 14.3. The maximum absolute atomic E-state index is 11.9. The van der Waals surface area contributed by atoms with Gasteiger partial charge >= 0.3 is 5.97 Å². The summed E-state index contributed by atoms with van der Waals surface area (Å²) in [6, 6.07) is -0.727. The first-order chi connectivity index (χ1) is 8.25. The van der Waals surface area contributed by atoms with Crippen LogP contribution in [-0.2, 0) is 9.59 Å². The Labute approximate surface area is 109 Å². The predicted molar refractivity (Wildman–Crippen MR) is 71.2 cm³/mol. The van der Waals surface area contributed by atoms with Gasteiger partial charge in [0.25, 0.3) is 0 Å². The van der Waals surface area contributed by atoms with Gasteiger partial charge in [-0.15, -0.1) is 0 Å². The summed E-state index contributed by atoms with van der Waals surface area (Å²) in [6.45, 7) is 6.51. The Morgan fingerprint density at radius 1 is 1.33 bits per heavy atom. The Balaban J connectivity index is 4.36. The first-order valence-electron chi connectivity index (χ1n) is 6.43. The number of aliphatic carboxylic acids is 1. The van der Waals surface area contributed by atoms with Gasteiger partial charge in [-0.05, 0) is 31.2 Å². The quantitative estimate of drug-likeness (QED) is 0.690. The van der Waals surface area contributed by atoms with E-state index in [4.69, 9.17) is 10.8 Å². The lowest BCUT2D eigenvalue weighted by atomic mass is 9.84. The number of hydrogen-bond donors (Lipinski definition) is 2. The first kappa shape index (κ1) is 16.9. The molecule has 1 atom stereocenters. The molecule has 0 rings (SSSR count). The van der Waals surface area contributed by atoms with Gasteiger partial charge in [-0.1, -0.05) is 20.8 Å². The van der Waals surface area contributed by atoms with E-state index in [2.05, 4.69) is 13.8 Å². The molecule has 0 saturated heterocycles. The minimum absolute atomic E-state index is 0.0240. The van der Waals surface area contributed by atoms with Gasteiger partial charge in [0.2, 0.25) is 5.91 Å². The molecule has 3 N–H and O–H groups in total. The summed E-state index contributed by atoms with van der Waals surface area (Å²) in [7, 11) is 1.56. The smallest absolute Gasteiger partial charge is 0.326 e. The van der Waals surface area contributed by atoms with E-state index in [9.17, 15) is 9.59 Å². The van der Waals surface area contributed by atoms with Crippen molar-refractivity contribution in [3.05, 3.63) is 0 Å². The second-order valence-electron chi connectivity index (χ2n) is 5.47. The molecule has 5 heteroatoms. The second-order valence-corrected chi connectivity index (χ2v) is 5.47. The number of carbonyl (C=O) groups is 2. The van der Waals surface area contributed by atoms with Crippen molar-refractivity contribution in [2.75, 3.05) is 13.6 Å². The van der Waals surface area contributed by atoms with E-state index >= 15 is 0 Å². The van der Waals surface area contributed by atoms with Crippen molar-refractivity contribution >= 4 is 11.9 Å². The number of rotatable bonds is 8. The van der Waals surface area contributed by atoms with Gasteiger partial charge in [-0.3, -0.25) is 4.79 Å². The first-order valence-corrected chi connectivity index (χ1v) is 6.43. The zero-order valence-corrected chi connectivity index (χ0v) is 11.9. The van der Waals surface area contributed by atoms with Crippen LogP contribution in [0.1, 0.15) is 46.5 Å². The van der Waals surface area contributed by atoms with Crippen LogP contribution in [0.5, 0.6) is 0 Å². The summed E-state index contributed by atoms with van der Waals surface area (Å²) < 4.78 is 0. The van der Waals surface area contributed by atoms with Crippen LogP contribution in [0.15, 0.2) is 0 Å². The highest BCUT2D eigenvalue weighted by Gasteiger charge is 2.26. The Hall–Kier alpha value is -1.10. The van der Waals surface area contributed by atoms with Gasteiger partial charge in [0, 0.05) is 13.5 Å². The molecule has 0 radical (unpaired) electrons. The Morgan fingerprint density at radius 3 is 2.28 bits per heavy atom. The molecule has 0 spiro atoms. The third-order valence-electron chi connectivity index (χ3n) is 3.37. The average molecular weight is 258 g/mol. The Kier molecular flexibility index (Phi) is 6.91. The molecule has 1 unspecified atom stereocenters. The van der Waals surface area contributed by atoms with Crippen LogP contribution in [-0.4, -0.2) is 41.5 Å². The third-order valence-corrected chi connectivity index (χ3v) is 3.37. The van der Waals surface area contributed by atoms with Crippen LogP contribution in [0.25, 0.3) is 0 Å². The number of nitrogens with zero attached hydrogens (tertiary/aromatic N) is 1. The minimum Gasteiger partial charge on any atom is -0.480 e. The molecule has 0 aromatic carbocycles. The fraction of sp³-hybridized carbons (Fsp3) is 0.846.